The second-order valence-electron chi connectivity index (χ2n) is 3.12. The van der Waals surface area contributed by atoms with Crippen LogP contribution in [0.3, 0.4) is 0 Å². The average molecular weight is 253 g/mol. The van der Waals surface area contributed by atoms with Crippen molar-refractivity contribution in [1.29, 1.82) is 0 Å². The Morgan fingerprint density at radius 2 is 2.24 bits per heavy atom. The Labute approximate surface area is 109 Å². The number of alkyl halides is 1. The molecule has 0 fully saturated rings. The summed E-state index contributed by atoms with van der Waals surface area (Å²) in [6.07, 6.45) is 11.4. The highest BCUT2D eigenvalue weighted by atomic mass is 35.5. The average Bonchev–Trinajstić information content (AvgIpc) is 2.79. The first-order valence-corrected chi connectivity index (χ1v) is 6.34. The van der Waals surface area contributed by atoms with Crippen molar-refractivity contribution >= 4 is 11.6 Å². The van der Waals surface area contributed by atoms with Gasteiger partial charge in [-0.05, 0) is 12.5 Å². The summed E-state index contributed by atoms with van der Waals surface area (Å²) in [5, 5.41) is 0. The van der Waals surface area contributed by atoms with Crippen LogP contribution < -0.4 is 0 Å². The monoisotopic (exact) mass is 252 g/mol. The van der Waals surface area contributed by atoms with Crippen molar-refractivity contribution in [3.05, 3.63) is 54.7 Å². The van der Waals surface area contributed by atoms with Crippen molar-refractivity contribution < 1.29 is 0 Å². The highest BCUT2D eigenvalue weighted by molar-refractivity contribution is 6.16. The van der Waals surface area contributed by atoms with Gasteiger partial charge in [-0.1, -0.05) is 44.7 Å². The van der Waals surface area contributed by atoms with E-state index in [0.717, 1.165) is 12.2 Å². The summed E-state index contributed by atoms with van der Waals surface area (Å²) in [4.78, 5) is 4.07. The van der Waals surface area contributed by atoms with Crippen molar-refractivity contribution in [2.24, 2.45) is 0 Å². The SMILES string of the molecule is C=C/C=C(\C=C/C)Cn1cncc1CCl.CC. The molecule has 0 saturated heterocycles. The maximum Gasteiger partial charge on any atom is 0.0951 e. The van der Waals surface area contributed by atoms with E-state index in [1.165, 1.54) is 5.57 Å². The molecule has 0 spiro atoms. The summed E-state index contributed by atoms with van der Waals surface area (Å²) in [5.74, 6) is 0.483. The molecule has 0 radical (unpaired) electrons. The van der Waals surface area contributed by atoms with E-state index in [2.05, 4.69) is 17.6 Å². The first kappa shape index (κ1) is 15.7. The topological polar surface area (TPSA) is 17.8 Å². The maximum absolute atomic E-state index is 5.79. The molecule has 0 saturated carbocycles. The lowest BCUT2D eigenvalue weighted by atomic mass is 10.2. The fraction of sp³-hybridized carbons (Fsp3) is 0.357. The van der Waals surface area contributed by atoms with Gasteiger partial charge in [0.2, 0.25) is 0 Å². The van der Waals surface area contributed by atoms with Gasteiger partial charge in [-0.2, -0.15) is 0 Å². The van der Waals surface area contributed by atoms with Crippen molar-refractivity contribution in [2.45, 2.75) is 33.2 Å². The second-order valence-corrected chi connectivity index (χ2v) is 3.39. The number of hydrogen-bond donors (Lipinski definition) is 0. The zero-order chi connectivity index (χ0) is 13.1. The highest BCUT2D eigenvalue weighted by Crippen LogP contribution is 2.08. The van der Waals surface area contributed by atoms with Gasteiger partial charge in [0.25, 0.3) is 0 Å². The van der Waals surface area contributed by atoms with Crippen LogP contribution in [0.4, 0.5) is 0 Å². The van der Waals surface area contributed by atoms with Crippen molar-refractivity contribution in [1.82, 2.24) is 9.55 Å². The molecule has 3 heteroatoms. The molecule has 0 aromatic carbocycles. The van der Waals surface area contributed by atoms with Crippen molar-refractivity contribution in [3.63, 3.8) is 0 Å². The van der Waals surface area contributed by atoms with Gasteiger partial charge in [0.1, 0.15) is 0 Å². The van der Waals surface area contributed by atoms with Gasteiger partial charge in [0, 0.05) is 12.7 Å². The second kappa shape index (κ2) is 9.91. The molecule has 0 bridgehead atoms. The summed E-state index contributed by atoms with van der Waals surface area (Å²) in [6.45, 7) is 10.5. The molecule has 0 aliphatic rings. The third kappa shape index (κ3) is 5.55. The van der Waals surface area contributed by atoms with Gasteiger partial charge in [-0.3, -0.25) is 0 Å². The van der Waals surface area contributed by atoms with E-state index in [9.17, 15) is 0 Å². The Morgan fingerprint density at radius 1 is 1.53 bits per heavy atom. The van der Waals surface area contributed by atoms with Gasteiger partial charge in [-0.25, -0.2) is 4.98 Å². The lowest BCUT2D eigenvalue weighted by Crippen LogP contribution is -2.01. The largest absolute Gasteiger partial charge is 0.329 e. The van der Waals surface area contributed by atoms with Crippen LogP contribution in [-0.4, -0.2) is 9.55 Å². The molecule has 1 rings (SSSR count). The van der Waals surface area contributed by atoms with E-state index in [4.69, 9.17) is 11.6 Å². The molecule has 2 nitrogen and oxygen atoms in total. The van der Waals surface area contributed by atoms with Crippen LogP contribution in [0.15, 0.2) is 49.0 Å². The first-order valence-electron chi connectivity index (χ1n) is 5.81. The Bertz CT molecular complexity index is 375. The van der Waals surface area contributed by atoms with Crippen molar-refractivity contribution in [2.75, 3.05) is 0 Å². The number of nitrogens with zero attached hydrogens (tertiary/aromatic N) is 2. The fourth-order valence-corrected chi connectivity index (χ4v) is 1.55. The summed E-state index contributed by atoms with van der Waals surface area (Å²) < 4.78 is 2.03. The predicted molar refractivity (Wildman–Crippen MR) is 76.2 cm³/mol. The quantitative estimate of drug-likeness (QED) is 0.563. The lowest BCUT2D eigenvalue weighted by Gasteiger charge is -2.06. The van der Waals surface area contributed by atoms with Crippen LogP contribution in [0.25, 0.3) is 0 Å². The lowest BCUT2D eigenvalue weighted by molar-refractivity contribution is 0.764. The van der Waals surface area contributed by atoms with E-state index < -0.39 is 0 Å². The standard InChI is InChI=1S/C12H15ClN2.C2H6/c1-3-5-11(6-4-2)9-15-10-14-8-12(15)7-13;1-2/h3-6,8,10H,1,7,9H2,2H3;1-2H3/b6-4-,11-5+;. The third-order valence-corrected chi connectivity index (χ3v) is 2.27. The fourth-order valence-electron chi connectivity index (χ4n) is 1.32. The number of allylic oxidation sites excluding steroid dienone is 5. The molecule has 0 unspecified atom stereocenters. The highest BCUT2D eigenvalue weighted by Gasteiger charge is 2.01. The molecule has 0 amide bonds. The number of imidazole rings is 1. The number of rotatable bonds is 5. The molecule has 94 valence electrons. The minimum Gasteiger partial charge on any atom is -0.329 e. The smallest absolute Gasteiger partial charge is 0.0951 e. The van der Waals surface area contributed by atoms with Gasteiger partial charge < -0.3 is 4.57 Å². The predicted octanol–water partition coefficient (Wildman–Crippen LogP) is 4.34. The third-order valence-electron chi connectivity index (χ3n) is 2.00. The molecule has 1 heterocycles. The molecule has 17 heavy (non-hydrogen) atoms. The van der Waals surface area contributed by atoms with E-state index in [0.29, 0.717) is 5.88 Å². The zero-order valence-electron chi connectivity index (χ0n) is 10.9. The van der Waals surface area contributed by atoms with Crippen LogP contribution in [0, 0.1) is 0 Å². The Balaban J connectivity index is 0.00000121. The summed E-state index contributed by atoms with van der Waals surface area (Å²) >= 11 is 5.79. The molecule has 1 aromatic rings. The van der Waals surface area contributed by atoms with Gasteiger partial charge in [0.15, 0.2) is 0 Å². The molecule has 0 aliphatic carbocycles. The Hall–Kier alpha value is -1.28. The summed E-state index contributed by atoms with van der Waals surface area (Å²) in [5.41, 5.74) is 2.20. The minimum absolute atomic E-state index is 0.483. The van der Waals surface area contributed by atoms with Gasteiger partial charge in [-0.15, -0.1) is 11.6 Å². The van der Waals surface area contributed by atoms with Crippen LogP contribution in [0.2, 0.25) is 0 Å². The summed E-state index contributed by atoms with van der Waals surface area (Å²) in [7, 11) is 0. The minimum atomic E-state index is 0.483. The molecular formula is C14H21ClN2. The Morgan fingerprint density at radius 3 is 2.76 bits per heavy atom. The van der Waals surface area contributed by atoms with E-state index in [1.54, 1.807) is 18.6 Å². The zero-order valence-corrected chi connectivity index (χ0v) is 11.6. The molecular weight excluding hydrogens is 232 g/mol. The van der Waals surface area contributed by atoms with E-state index in [-0.39, 0.29) is 0 Å². The molecule has 1 aromatic heterocycles. The van der Waals surface area contributed by atoms with Crippen LogP contribution in [0.5, 0.6) is 0 Å². The summed E-state index contributed by atoms with van der Waals surface area (Å²) in [6, 6.07) is 0. The van der Waals surface area contributed by atoms with E-state index in [1.807, 2.05) is 37.5 Å². The number of halogens is 1. The Kier molecular flexibility index (Phi) is 9.17. The number of hydrogen-bond acceptors (Lipinski definition) is 1. The molecule has 0 atom stereocenters. The van der Waals surface area contributed by atoms with Crippen LogP contribution >= 0.6 is 11.6 Å². The first-order chi connectivity index (χ1) is 8.31. The van der Waals surface area contributed by atoms with Gasteiger partial charge in [0.05, 0.1) is 17.9 Å². The van der Waals surface area contributed by atoms with Crippen molar-refractivity contribution in [3.8, 4) is 0 Å². The van der Waals surface area contributed by atoms with Crippen LogP contribution in [0.1, 0.15) is 26.5 Å². The number of aromatic nitrogens is 2. The van der Waals surface area contributed by atoms with Gasteiger partial charge >= 0.3 is 0 Å². The normalized spacial score (nSPS) is 11.2. The van der Waals surface area contributed by atoms with Crippen LogP contribution in [-0.2, 0) is 12.4 Å². The van der Waals surface area contributed by atoms with E-state index >= 15 is 0 Å². The molecule has 0 N–H and O–H groups in total. The maximum atomic E-state index is 5.79. The molecule has 0 aliphatic heterocycles.